The fraction of sp³-hybridized carbons (Fsp3) is 0.556. The van der Waals surface area contributed by atoms with Crippen LogP contribution >= 0.6 is 0 Å². The topological polar surface area (TPSA) is 48.3 Å². The molecule has 1 atom stereocenters. The third-order valence-electron chi connectivity index (χ3n) is 3.81. The second-order valence-corrected chi connectivity index (χ2v) is 5.58. The predicted octanol–water partition coefficient (Wildman–Crippen LogP) is 3.83. The van der Waals surface area contributed by atoms with E-state index in [4.69, 9.17) is 4.74 Å². The van der Waals surface area contributed by atoms with Gasteiger partial charge >= 0.3 is 0 Å². The summed E-state index contributed by atoms with van der Waals surface area (Å²) in [7, 11) is 0. The van der Waals surface area contributed by atoms with Crippen molar-refractivity contribution in [2.24, 2.45) is 5.92 Å². The van der Waals surface area contributed by atoms with Crippen LogP contribution in [-0.2, 0) is 6.54 Å². The van der Waals surface area contributed by atoms with E-state index in [2.05, 4.69) is 20.4 Å². The minimum Gasteiger partial charge on any atom is -0.483 e. The number of aromatic nitrogens is 1. The van der Waals surface area contributed by atoms with Crippen LogP contribution in [0.4, 0.5) is 0 Å². The zero-order valence-electron chi connectivity index (χ0n) is 13.9. The van der Waals surface area contributed by atoms with Crippen molar-refractivity contribution < 1.29 is 9.53 Å². The van der Waals surface area contributed by atoms with Crippen LogP contribution in [0.3, 0.4) is 0 Å². The van der Waals surface area contributed by atoms with Gasteiger partial charge in [-0.2, -0.15) is 0 Å². The Labute approximate surface area is 132 Å². The predicted molar refractivity (Wildman–Crippen MR) is 89.7 cm³/mol. The second kappa shape index (κ2) is 9.23. The zero-order valence-corrected chi connectivity index (χ0v) is 13.9. The van der Waals surface area contributed by atoms with E-state index in [1.54, 1.807) is 12.3 Å². The molecule has 22 heavy (non-hydrogen) atoms. The molecule has 0 aliphatic rings. The molecule has 1 unspecified atom stereocenters. The van der Waals surface area contributed by atoms with E-state index in [-0.39, 0.29) is 23.6 Å². The minimum absolute atomic E-state index is 0.139. The van der Waals surface area contributed by atoms with Gasteiger partial charge in [0.2, 0.25) is 5.43 Å². The molecule has 0 amide bonds. The average Bonchev–Trinajstić information content (AvgIpc) is 2.50. The van der Waals surface area contributed by atoms with E-state index < -0.39 is 0 Å². The van der Waals surface area contributed by atoms with Crippen molar-refractivity contribution in [1.82, 2.24) is 4.57 Å². The Kier molecular flexibility index (Phi) is 7.64. The number of carbonyl (C=O) groups is 1. The fourth-order valence-electron chi connectivity index (χ4n) is 2.55. The summed E-state index contributed by atoms with van der Waals surface area (Å²) in [6.45, 7) is 10.3. The molecule has 0 bridgehead atoms. The number of rotatable bonds is 10. The van der Waals surface area contributed by atoms with Crippen LogP contribution in [0, 0.1) is 5.92 Å². The molecule has 122 valence electrons. The van der Waals surface area contributed by atoms with Gasteiger partial charge in [0.15, 0.2) is 11.5 Å². The molecule has 0 saturated heterocycles. The third kappa shape index (κ3) is 4.86. The lowest BCUT2D eigenvalue weighted by Gasteiger charge is -2.20. The van der Waals surface area contributed by atoms with E-state index in [0.717, 1.165) is 25.8 Å². The van der Waals surface area contributed by atoms with Gasteiger partial charge in [0.1, 0.15) is 12.3 Å². The van der Waals surface area contributed by atoms with Crippen molar-refractivity contribution in [1.29, 1.82) is 0 Å². The molecule has 0 N–H and O–H groups in total. The van der Waals surface area contributed by atoms with Crippen LogP contribution in [0.2, 0.25) is 0 Å². The molecule has 0 radical (unpaired) electrons. The van der Waals surface area contributed by atoms with Gasteiger partial charge in [0, 0.05) is 25.7 Å². The summed E-state index contributed by atoms with van der Waals surface area (Å²) in [6, 6.07) is 1.47. The van der Waals surface area contributed by atoms with Gasteiger partial charge in [0.05, 0.1) is 0 Å². The number of ketones is 1. The van der Waals surface area contributed by atoms with Crippen molar-refractivity contribution in [3.8, 4) is 5.75 Å². The number of hydrogen-bond donors (Lipinski definition) is 0. The van der Waals surface area contributed by atoms with Crippen LogP contribution in [0.25, 0.3) is 0 Å². The Morgan fingerprint density at radius 1 is 1.45 bits per heavy atom. The Hall–Kier alpha value is -1.84. The summed E-state index contributed by atoms with van der Waals surface area (Å²) in [5, 5.41) is 0. The molecular weight excluding hydrogens is 278 g/mol. The molecule has 1 aromatic rings. The monoisotopic (exact) mass is 305 g/mol. The number of nitrogens with zero attached hydrogens (tertiary/aromatic N) is 1. The maximum Gasteiger partial charge on any atom is 0.224 e. The van der Waals surface area contributed by atoms with Gasteiger partial charge in [-0.3, -0.25) is 9.59 Å². The molecule has 0 aromatic carbocycles. The van der Waals surface area contributed by atoms with Crippen LogP contribution in [0.5, 0.6) is 5.75 Å². The lowest BCUT2D eigenvalue weighted by molar-refractivity contribution is 0.0997. The first-order chi connectivity index (χ1) is 10.5. The standard InChI is InChI=1S/C18H27NO3/c1-5-8-9-15(7-3)13-19-11-10-16(21)18(22-12-6-2)17(19)14(4)20/h6,10-11,15H,2,5,7-9,12-13H2,1,3-4H3. The minimum atomic E-state index is -0.259. The molecule has 1 heterocycles. The van der Waals surface area contributed by atoms with Crippen molar-refractivity contribution >= 4 is 5.78 Å². The van der Waals surface area contributed by atoms with Gasteiger partial charge in [-0.25, -0.2) is 0 Å². The summed E-state index contributed by atoms with van der Waals surface area (Å²) in [6.07, 6.45) is 7.78. The van der Waals surface area contributed by atoms with E-state index in [1.165, 1.54) is 19.4 Å². The van der Waals surface area contributed by atoms with Crippen molar-refractivity contribution in [3.05, 3.63) is 40.8 Å². The number of hydrogen-bond acceptors (Lipinski definition) is 3. The smallest absolute Gasteiger partial charge is 0.224 e. The lowest BCUT2D eigenvalue weighted by atomic mass is 9.99. The maximum atomic E-state index is 12.0. The summed E-state index contributed by atoms with van der Waals surface area (Å²) in [5.74, 6) is 0.482. The number of unbranched alkanes of at least 4 members (excludes halogenated alkanes) is 1. The van der Waals surface area contributed by atoms with Crippen LogP contribution in [-0.4, -0.2) is 17.0 Å². The number of carbonyl (C=O) groups excluding carboxylic acids is 1. The van der Waals surface area contributed by atoms with Gasteiger partial charge in [0.25, 0.3) is 0 Å². The zero-order chi connectivity index (χ0) is 16.5. The highest BCUT2D eigenvalue weighted by molar-refractivity contribution is 5.95. The van der Waals surface area contributed by atoms with E-state index >= 15 is 0 Å². The molecule has 0 saturated carbocycles. The average molecular weight is 305 g/mol. The highest BCUT2D eigenvalue weighted by Gasteiger charge is 2.18. The Morgan fingerprint density at radius 2 is 2.18 bits per heavy atom. The van der Waals surface area contributed by atoms with Gasteiger partial charge in [-0.1, -0.05) is 45.8 Å². The molecule has 0 aliphatic carbocycles. The number of Topliss-reactive ketones (excluding diaryl/α,β-unsaturated/α-hetero) is 1. The Bertz CT molecular complexity index is 560. The quantitative estimate of drug-likeness (QED) is 0.487. The van der Waals surface area contributed by atoms with Crippen LogP contribution in [0.1, 0.15) is 56.9 Å². The van der Waals surface area contributed by atoms with Crippen LogP contribution in [0.15, 0.2) is 29.7 Å². The summed E-state index contributed by atoms with van der Waals surface area (Å²) < 4.78 is 7.31. The van der Waals surface area contributed by atoms with Crippen LogP contribution < -0.4 is 10.2 Å². The number of ether oxygens (including phenoxy) is 1. The fourth-order valence-corrected chi connectivity index (χ4v) is 2.55. The van der Waals surface area contributed by atoms with E-state index in [1.807, 2.05) is 4.57 Å². The summed E-state index contributed by atoms with van der Waals surface area (Å²) in [5.41, 5.74) is 0.106. The molecule has 1 aromatic heterocycles. The summed E-state index contributed by atoms with van der Waals surface area (Å²) in [4.78, 5) is 24.0. The Morgan fingerprint density at radius 3 is 2.73 bits per heavy atom. The maximum absolute atomic E-state index is 12.0. The lowest BCUT2D eigenvalue weighted by Crippen LogP contribution is -2.22. The highest BCUT2D eigenvalue weighted by atomic mass is 16.5. The first-order valence-electron chi connectivity index (χ1n) is 8.03. The first-order valence-corrected chi connectivity index (χ1v) is 8.03. The molecule has 0 spiro atoms. The van der Waals surface area contributed by atoms with Gasteiger partial charge in [-0.05, 0) is 12.3 Å². The van der Waals surface area contributed by atoms with E-state index in [9.17, 15) is 9.59 Å². The van der Waals surface area contributed by atoms with E-state index in [0.29, 0.717) is 11.6 Å². The molecular formula is C18H27NO3. The van der Waals surface area contributed by atoms with Crippen molar-refractivity contribution in [2.75, 3.05) is 6.61 Å². The summed E-state index contributed by atoms with van der Waals surface area (Å²) >= 11 is 0. The first kappa shape index (κ1) is 18.2. The molecule has 1 rings (SSSR count). The third-order valence-corrected chi connectivity index (χ3v) is 3.81. The largest absolute Gasteiger partial charge is 0.483 e. The SMILES string of the molecule is C=CCOc1c(C(C)=O)n(CC(CC)CCCC)ccc1=O. The van der Waals surface area contributed by atoms with Crippen molar-refractivity contribution in [3.63, 3.8) is 0 Å². The molecule has 4 nitrogen and oxygen atoms in total. The normalized spacial score (nSPS) is 12.0. The van der Waals surface area contributed by atoms with Gasteiger partial charge in [-0.15, -0.1) is 0 Å². The number of pyridine rings is 1. The highest BCUT2D eigenvalue weighted by Crippen LogP contribution is 2.20. The molecule has 0 fully saturated rings. The van der Waals surface area contributed by atoms with Gasteiger partial charge < -0.3 is 9.30 Å². The molecule has 4 heteroatoms. The second-order valence-electron chi connectivity index (χ2n) is 5.58. The van der Waals surface area contributed by atoms with Crippen molar-refractivity contribution in [2.45, 2.75) is 53.0 Å². The molecule has 0 aliphatic heterocycles. The Balaban J connectivity index is 3.15.